The summed E-state index contributed by atoms with van der Waals surface area (Å²) in [6.07, 6.45) is 2.82. The molecule has 116 valence electrons. The number of hydrogen-bond acceptors (Lipinski definition) is 3. The molecule has 1 aliphatic carbocycles. The van der Waals surface area contributed by atoms with Crippen molar-refractivity contribution in [2.75, 3.05) is 14.2 Å². The molecule has 0 radical (unpaired) electrons. The Morgan fingerprint density at radius 3 is 2.27 bits per heavy atom. The number of ether oxygens (including phenoxy) is 2. The lowest BCUT2D eigenvalue weighted by atomic mass is 9.94. The van der Waals surface area contributed by atoms with Crippen LogP contribution in [0.3, 0.4) is 0 Å². The fraction of sp³-hybridized carbons (Fsp3) is 0.421. The predicted molar refractivity (Wildman–Crippen MR) is 88.1 cm³/mol. The van der Waals surface area contributed by atoms with E-state index in [0.29, 0.717) is 24.3 Å². The maximum Gasteiger partial charge on any atom is 0.161 e. The van der Waals surface area contributed by atoms with Crippen LogP contribution in [-0.4, -0.2) is 20.0 Å². The second-order valence-corrected chi connectivity index (χ2v) is 6.39. The van der Waals surface area contributed by atoms with Crippen LogP contribution in [0, 0.1) is 17.3 Å². The molecule has 0 saturated heterocycles. The average molecular weight is 298 g/mol. The van der Waals surface area contributed by atoms with E-state index in [0.717, 1.165) is 16.7 Å². The first-order valence-corrected chi connectivity index (χ1v) is 7.37. The standard InChI is InChI=1S/C19H22O3/c1-19(2,3)9-8-14-10-15(20)7-6-13-11-17(21-4)18(22-5)12-16(13)14/h10-12H,6-7H2,1-5H3. The Labute approximate surface area is 132 Å². The molecule has 1 aliphatic rings. The average Bonchev–Trinajstić information content (AvgIpc) is 2.62. The molecule has 0 fully saturated rings. The Bertz CT molecular complexity index is 679. The predicted octanol–water partition coefficient (Wildman–Crippen LogP) is 3.65. The van der Waals surface area contributed by atoms with Crippen molar-refractivity contribution >= 4 is 11.4 Å². The summed E-state index contributed by atoms with van der Waals surface area (Å²) in [5, 5.41) is 0. The summed E-state index contributed by atoms with van der Waals surface area (Å²) in [6.45, 7) is 6.15. The van der Waals surface area contributed by atoms with Crippen molar-refractivity contribution in [3.8, 4) is 23.3 Å². The Morgan fingerprint density at radius 2 is 1.68 bits per heavy atom. The van der Waals surface area contributed by atoms with Gasteiger partial charge in [-0.3, -0.25) is 4.79 Å². The molecule has 0 unspecified atom stereocenters. The van der Waals surface area contributed by atoms with Crippen molar-refractivity contribution in [3.63, 3.8) is 0 Å². The maximum absolute atomic E-state index is 12.0. The maximum atomic E-state index is 12.0. The van der Waals surface area contributed by atoms with Crippen LogP contribution in [0.25, 0.3) is 5.57 Å². The van der Waals surface area contributed by atoms with E-state index in [-0.39, 0.29) is 11.2 Å². The summed E-state index contributed by atoms with van der Waals surface area (Å²) in [7, 11) is 3.22. The van der Waals surface area contributed by atoms with Crippen LogP contribution in [-0.2, 0) is 11.2 Å². The van der Waals surface area contributed by atoms with Gasteiger partial charge in [-0.25, -0.2) is 0 Å². The van der Waals surface area contributed by atoms with Gasteiger partial charge in [0.25, 0.3) is 0 Å². The minimum Gasteiger partial charge on any atom is -0.493 e. The van der Waals surface area contributed by atoms with E-state index in [9.17, 15) is 4.79 Å². The van der Waals surface area contributed by atoms with Gasteiger partial charge in [0.15, 0.2) is 17.3 Å². The van der Waals surface area contributed by atoms with E-state index in [1.807, 2.05) is 12.1 Å². The van der Waals surface area contributed by atoms with E-state index < -0.39 is 0 Å². The van der Waals surface area contributed by atoms with E-state index >= 15 is 0 Å². The van der Waals surface area contributed by atoms with E-state index in [2.05, 4.69) is 32.6 Å². The highest BCUT2D eigenvalue weighted by molar-refractivity contribution is 6.02. The number of carbonyl (C=O) groups is 1. The molecule has 0 heterocycles. The molecule has 0 atom stereocenters. The van der Waals surface area contributed by atoms with Crippen molar-refractivity contribution in [1.82, 2.24) is 0 Å². The van der Waals surface area contributed by atoms with Crippen molar-refractivity contribution in [2.45, 2.75) is 33.6 Å². The molecular formula is C19H22O3. The molecule has 0 spiro atoms. The van der Waals surface area contributed by atoms with Gasteiger partial charge < -0.3 is 9.47 Å². The molecule has 0 amide bonds. The number of allylic oxidation sites excluding steroid dienone is 2. The molecule has 0 saturated carbocycles. The number of benzene rings is 1. The summed E-state index contributed by atoms with van der Waals surface area (Å²) in [5.41, 5.74) is 2.67. The van der Waals surface area contributed by atoms with Gasteiger partial charge in [0.05, 0.1) is 14.2 Å². The molecule has 0 bridgehead atoms. The molecule has 3 nitrogen and oxygen atoms in total. The number of carbonyl (C=O) groups excluding carboxylic acids is 1. The molecule has 1 aromatic carbocycles. The number of ketones is 1. The SMILES string of the molecule is COc1cc2c(cc1OC)C(C#CC(C)(C)C)=CC(=O)CC2. The highest BCUT2D eigenvalue weighted by atomic mass is 16.5. The zero-order chi connectivity index (χ0) is 16.3. The molecule has 2 rings (SSSR count). The Balaban J connectivity index is 2.60. The van der Waals surface area contributed by atoms with Gasteiger partial charge in [0.2, 0.25) is 0 Å². The second-order valence-electron chi connectivity index (χ2n) is 6.39. The summed E-state index contributed by atoms with van der Waals surface area (Å²) >= 11 is 0. The molecule has 0 aliphatic heterocycles. The molecule has 3 heteroatoms. The van der Waals surface area contributed by atoms with E-state index in [4.69, 9.17) is 9.47 Å². The van der Waals surface area contributed by atoms with Gasteiger partial charge in [-0.05, 0) is 56.5 Å². The van der Waals surface area contributed by atoms with Gasteiger partial charge in [-0.1, -0.05) is 11.8 Å². The van der Waals surface area contributed by atoms with Gasteiger partial charge in [0, 0.05) is 17.4 Å². The summed E-state index contributed by atoms with van der Waals surface area (Å²) in [6, 6.07) is 3.86. The highest BCUT2D eigenvalue weighted by Crippen LogP contribution is 2.35. The quantitative estimate of drug-likeness (QED) is 0.782. The summed E-state index contributed by atoms with van der Waals surface area (Å²) in [5.74, 6) is 7.81. The molecule has 0 aromatic heterocycles. The fourth-order valence-electron chi connectivity index (χ4n) is 2.31. The van der Waals surface area contributed by atoms with Crippen LogP contribution < -0.4 is 9.47 Å². The first-order valence-electron chi connectivity index (χ1n) is 7.37. The molecule has 1 aromatic rings. The van der Waals surface area contributed by atoms with Crippen LogP contribution in [0.2, 0.25) is 0 Å². The normalized spacial score (nSPS) is 14.2. The summed E-state index contributed by atoms with van der Waals surface area (Å²) < 4.78 is 10.7. The van der Waals surface area contributed by atoms with Crippen molar-refractivity contribution in [3.05, 3.63) is 29.3 Å². The van der Waals surface area contributed by atoms with Crippen LogP contribution in [0.5, 0.6) is 11.5 Å². The second kappa shape index (κ2) is 6.27. The largest absolute Gasteiger partial charge is 0.493 e. The third-order valence-corrected chi connectivity index (χ3v) is 3.42. The Kier molecular flexibility index (Phi) is 4.61. The lowest BCUT2D eigenvalue weighted by Gasteiger charge is -2.14. The number of methoxy groups -OCH3 is 2. The van der Waals surface area contributed by atoms with E-state index in [1.165, 1.54) is 0 Å². The first kappa shape index (κ1) is 16.2. The van der Waals surface area contributed by atoms with Crippen molar-refractivity contribution in [1.29, 1.82) is 0 Å². The number of hydrogen-bond donors (Lipinski definition) is 0. The Morgan fingerprint density at radius 1 is 1.05 bits per heavy atom. The summed E-state index contributed by atoms with van der Waals surface area (Å²) in [4.78, 5) is 12.0. The number of aryl methyl sites for hydroxylation is 1. The Hall–Kier alpha value is -2.21. The third kappa shape index (κ3) is 3.71. The van der Waals surface area contributed by atoms with E-state index in [1.54, 1.807) is 20.3 Å². The zero-order valence-electron chi connectivity index (χ0n) is 13.9. The lowest BCUT2D eigenvalue weighted by Crippen LogP contribution is -2.00. The number of fused-ring (bicyclic) bond motifs is 1. The van der Waals surface area contributed by atoms with Crippen molar-refractivity contribution in [2.24, 2.45) is 5.41 Å². The van der Waals surface area contributed by atoms with Gasteiger partial charge in [-0.2, -0.15) is 0 Å². The first-order chi connectivity index (χ1) is 10.3. The van der Waals surface area contributed by atoms with Crippen LogP contribution in [0.4, 0.5) is 0 Å². The molecule has 0 N–H and O–H groups in total. The molecule has 22 heavy (non-hydrogen) atoms. The monoisotopic (exact) mass is 298 g/mol. The van der Waals surface area contributed by atoms with Gasteiger partial charge in [0.1, 0.15) is 0 Å². The van der Waals surface area contributed by atoms with Gasteiger partial charge >= 0.3 is 0 Å². The van der Waals surface area contributed by atoms with Crippen molar-refractivity contribution < 1.29 is 14.3 Å². The van der Waals surface area contributed by atoms with Crippen LogP contribution in [0.15, 0.2) is 18.2 Å². The zero-order valence-corrected chi connectivity index (χ0v) is 13.9. The van der Waals surface area contributed by atoms with Crippen LogP contribution in [0.1, 0.15) is 38.3 Å². The number of rotatable bonds is 2. The minimum atomic E-state index is -0.118. The highest BCUT2D eigenvalue weighted by Gasteiger charge is 2.18. The van der Waals surface area contributed by atoms with Crippen LogP contribution >= 0.6 is 0 Å². The smallest absolute Gasteiger partial charge is 0.161 e. The topological polar surface area (TPSA) is 35.5 Å². The third-order valence-electron chi connectivity index (χ3n) is 3.42. The lowest BCUT2D eigenvalue weighted by molar-refractivity contribution is -0.114. The fourth-order valence-corrected chi connectivity index (χ4v) is 2.31. The van der Waals surface area contributed by atoms with Gasteiger partial charge in [-0.15, -0.1) is 0 Å². The molecular weight excluding hydrogens is 276 g/mol. The minimum absolute atomic E-state index is 0.104.